The Balaban J connectivity index is 1.42. The maximum absolute atomic E-state index is 13.1. The number of carbonyl (C=O) groups excluding carboxylic acids is 3. The lowest BCUT2D eigenvalue weighted by Crippen LogP contribution is -2.65. The van der Waals surface area contributed by atoms with Gasteiger partial charge in [-0.05, 0) is 23.3 Å². The molecule has 5 rings (SSSR count). The van der Waals surface area contributed by atoms with E-state index in [-0.39, 0.29) is 19.1 Å². The van der Waals surface area contributed by atoms with Gasteiger partial charge in [0.05, 0.1) is 5.71 Å². The van der Waals surface area contributed by atoms with E-state index < -0.39 is 30.5 Å². The molecule has 2 fully saturated rings. The first-order valence-corrected chi connectivity index (χ1v) is 11.6. The van der Waals surface area contributed by atoms with Crippen molar-refractivity contribution in [3.8, 4) is 0 Å². The minimum absolute atomic E-state index is 0.140. The van der Waals surface area contributed by atoms with Gasteiger partial charge in [-0.2, -0.15) is 5.10 Å². The molecule has 3 aliphatic rings. The maximum atomic E-state index is 13.1. The summed E-state index contributed by atoms with van der Waals surface area (Å²) in [6.07, 6.45) is -1.13. The number of nitrogens with one attached hydrogen (secondary N) is 1. The van der Waals surface area contributed by atoms with Crippen LogP contribution >= 0.6 is 11.6 Å². The minimum Gasteiger partial charge on any atom is -0.459 e. The normalized spacial score (nSPS) is 24.3. The van der Waals surface area contributed by atoms with Gasteiger partial charge >= 0.3 is 12.0 Å². The number of nitrogens with zero attached hydrogens (tertiary/aromatic N) is 5. The highest BCUT2D eigenvalue weighted by Crippen LogP contribution is 2.30. The van der Waals surface area contributed by atoms with Gasteiger partial charge in [0.2, 0.25) is 0 Å². The van der Waals surface area contributed by atoms with Crippen LogP contribution in [-0.2, 0) is 20.9 Å². The molecule has 182 valence electrons. The van der Waals surface area contributed by atoms with Crippen molar-refractivity contribution in [3.05, 3.63) is 70.7 Å². The molecule has 0 saturated carbocycles. The van der Waals surface area contributed by atoms with E-state index in [1.54, 1.807) is 24.2 Å². The van der Waals surface area contributed by atoms with Crippen molar-refractivity contribution in [3.63, 3.8) is 0 Å². The molecule has 3 atom stereocenters. The molecule has 35 heavy (non-hydrogen) atoms. The van der Waals surface area contributed by atoms with Gasteiger partial charge < -0.3 is 9.64 Å². The third-order valence-corrected chi connectivity index (χ3v) is 6.71. The summed E-state index contributed by atoms with van der Waals surface area (Å²) in [6.45, 7) is 0.353. The van der Waals surface area contributed by atoms with Crippen LogP contribution < -0.4 is 5.32 Å². The van der Waals surface area contributed by atoms with Crippen molar-refractivity contribution in [1.29, 1.82) is 0 Å². The maximum Gasteiger partial charge on any atom is 0.327 e. The van der Waals surface area contributed by atoms with E-state index in [9.17, 15) is 14.4 Å². The summed E-state index contributed by atoms with van der Waals surface area (Å²) in [5, 5.41) is 10.2. The smallest absolute Gasteiger partial charge is 0.327 e. The average molecular weight is 497 g/mol. The molecular formula is C24H25ClN6O4. The van der Waals surface area contributed by atoms with Crippen molar-refractivity contribution in [2.24, 2.45) is 5.10 Å². The van der Waals surface area contributed by atoms with Gasteiger partial charge in [-0.15, -0.1) is 0 Å². The Hall–Kier alpha value is -3.47. The van der Waals surface area contributed by atoms with Crippen LogP contribution in [0.1, 0.15) is 11.1 Å². The molecule has 2 aromatic carbocycles. The number of urea groups is 1. The number of ether oxygens (including phenoxy) is 1. The van der Waals surface area contributed by atoms with Gasteiger partial charge in [-0.3, -0.25) is 24.8 Å². The zero-order valence-electron chi connectivity index (χ0n) is 19.3. The third-order valence-electron chi connectivity index (χ3n) is 6.45. The van der Waals surface area contributed by atoms with E-state index in [4.69, 9.17) is 21.4 Å². The second kappa shape index (κ2) is 9.29. The number of fused-ring (bicyclic) bond motifs is 3. The SMILES string of the molecule is CN1C(=O)C2C(NC3N(CC(=O)OCc4ccccc4)N=C(c4ccc(Cl)cc4)CN23)N(C)C1=O. The number of rotatable bonds is 5. The Kier molecular flexibility index (Phi) is 6.18. The Bertz CT molecular complexity index is 1170. The Morgan fingerprint density at radius 1 is 1.11 bits per heavy atom. The lowest BCUT2D eigenvalue weighted by atomic mass is 10.1. The first-order valence-electron chi connectivity index (χ1n) is 11.2. The second-order valence-electron chi connectivity index (χ2n) is 8.69. The number of halogens is 1. The van der Waals surface area contributed by atoms with E-state index in [1.165, 1.54) is 11.9 Å². The van der Waals surface area contributed by atoms with Crippen molar-refractivity contribution < 1.29 is 19.1 Å². The molecule has 3 aliphatic heterocycles. The van der Waals surface area contributed by atoms with Crippen LogP contribution in [0.2, 0.25) is 5.02 Å². The number of hydrogen-bond acceptors (Lipinski definition) is 8. The Morgan fingerprint density at radius 3 is 2.54 bits per heavy atom. The molecule has 2 saturated heterocycles. The van der Waals surface area contributed by atoms with Gasteiger partial charge in [-0.25, -0.2) is 9.69 Å². The van der Waals surface area contributed by atoms with Crippen LogP contribution in [0.15, 0.2) is 59.7 Å². The van der Waals surface area contributed by atoms with E-state index in [1.807, 2.05) is 47.4 Å². The zero-order chi connectivity index (χ0) is 24.7. The fraction of sp³-hybridized carbons (Fsp3) is 0.333. The van der Waals surface area contributed by atoms with E-state index in [0.29, 0.717) is 17.3 Å². The number of hydrazone groups is 1. The molecule has 0 aliphatic carbocycles. The average Bonchev–Trinajstić information content (AvgIpc) is 3.26. The molecule has 3 unspecified atom stereocenters. The van der Waals surface area contributed by atoms with Gasteiger partial charge in [-0.1, -0.05) is 54.1 Å². The molecule has 1 N–H and O–H groups in total. The number of esters is 1. The topological polar surface area (TPSA) is 97.8 Å². The van der Waals surface area contributed by atoms with E-state index in [0.717, 1.165) is 16.0 Å². The van der Waals surface area contributed by atoms with E-state index in [2.05, 4.69) is 5.32 Å². The van der Waals surface area contributed by atoms with Crippen molar-refractivity contribution in [2.45, 2.75) is 25.1 Å². The second-order valence-corrected chi connectivity index (χ2v) is 9.13. The molecule has 0 radical (unpaired) electrons. The fourth-order valence-electron chi connectivity index (χ4n) is 4.61. The van der Waals surface area contributed by atoms with Crippen molar-refractivity contribution in [2.75, 3.05) is 27.2 Å². The third kappa shape index (κ3) is 4.36. The van der Waals surface area contributed by atoms with E-state index >= 15 is 0 Å². The van der Waals surface area contributed by atoms with Crippen LogP contribution in [-0.4, -0.2) is 89.0 Å². The predicted molar refractivity (Wildman–Crippen MR) is 128 cm³/mol. The number of hydrogen-bond donors (Lipinski definition) is 1. The first-order chi connectivity index (χ1) is 16.8. The van der Waals surface area contributed by atoms with Crippen LogP contribution in [0.5, 0.6) is 0 Å². The van der Waals surface area contributed by atoms with Crippen molar-refractivity contribution >= 4 is 35.2 Å². The van der Waals surface area contributed by atoms with Crippen molar-refractivity contribution in [1.82, 2.24) is 25.0 Å². The monoisotopic (exact) mass is 496 g/mol. The summed E-state index contributed by atoms with van der Waals surface area (Å²) in [4.78, 5) is 43.0. The fourth-order valence-corrected chi connectivity index (χ4v) is 4.73. The van der Waals surface area contributed by atoms with Gasteiger partial charge in [0.1, 0.15) is 25.4 Å². The molecule has 3 amide bonds. The molecule has 0 bridgehead atoms. The van der Waals surface area contributed by atoms with Gasteiger partial charge in [0.25, 0.3) is 5.91 Å². The standard InChI is InChI=1S/C24H25ClN6O4/c1-28-21-20(22(33)29(2)24(28)34)30-12-18(16-8-10-17(25)11-9-16)27-31(23(30)26-21)13-19(32)35-14-15-6-4-3-5-7-15/h3-11,20-21,23,26H,12-14H2,1-2H3. The predicted octanol–water partition coefficient (Wildman–Crippen LogP) is 1.51. The molecule has 0 spiro atoms. The molecular weight excluding hydrogens is 472 g/mol. The molecule has 10 nitrogen and oxygen atoms in total. The number of benzene rings is 2. The first kappa shape index (κ1) is 23.3. The Morgan fingerprint density at radius 2 is 1.83 bits per heavy atom. The molecule has 3 heterocycles. The summed E-state index contributed by atoms with van der Waals surface area (Å²) in [7, 11) is 3.12. The number of carbonyl (C=O) groups is 3. The summed E-state index contributed by atoms with van der Waals surface area (Å²) < 4.78 is 5.48. The van der Waals surface area contributed by atoms with Crippen LogP contribution in [0.4, 0.5) is 4.79 Å². The highest BCUT2D eigenvalue weighted by atomic mass is 35.5. The summed E-state index contributed by atoms with van der Waals surface area (Å²) >= 11 is 6.06. The van der Waals surface area contributed by atoms with Gasteiger partial charge in [0, 0.05) is 25.7 Å². The summed E-state index contributed by atoms with van der Waals surface area (Å²) in [6, 6.07) is 15.6. The van der Waals surface area contributed by atoms with Crippen LogP contribution in [0.3, 0.4) is 0 Å². The molecule has 0 aromatic heterocycles. The lowest BCUT2D eigenvalue weighted by Gasteiger charge is -2.41. The minimum atomic E-state index is -0.631. The Labute approximate surface area is 207 Å². The summed E-state index contributed by atoms with van der Waals surface area (Å²) in [5.74, 6) is -0.767. The summed E-state index contributed by atoms with van der Waals surface area (Å²) in [5.41, 5.74) is 2.37. The largest absolute Gasteiger partial charge is 0.459 e. The molecule has 2 aromatic rings. The number of amides is 3. The lowest BCUT2D eigenvalue weighted by molar-refractivity contribution is -0.148. The molecule has 11 heteroatoms. The van der Waals surface area contributed by atoms with Crippen LogP contribution in [0, 0.1) is 0 Å². The quantitative estimate of drug-likeness (QED) is 0.626. The number of imide groups is 1. The highest BCUT2D eigenvalue weighted by molar-refractivity contribution is 6.30. The van der Waals surface area contributed by atoms with Crippen LogP contribution in [0.25, 0.3) is 0 Å². The zero-order valence-corrected chi connectivity index (χ0v) is 20.1. The van der Waals surface area contributed by atoms with Gasteiger partial charge in [0.15, 0.2) is 6.29 Å². The highest BCUT2D eigenvalue weighted by Gasteiger charge is 2.56. The number of likely N-dealkylation sites (N-methyl/N-ethyl adjacent to an activating group) is 2.